The van der Waals surface area contributed by atoms with Crippen molar-refractivity contribution in [1.82, 2.24) is 9.55 Å². The van der Waals surface area contributed by atoms with Crippen molar-refractivity contribution in [2.45, 2.75) is 26.1 Å². The third kappa shape index (κ3) is 3.32. The number of benzene rings is 2. The van der Waals surface area contributed by atoms with Crippen LogP contribution in [0.3, 0.4) is 0 Å². The molecule has 0 bridgehead atoms. The zero-order chi connectivity index (χ0) is 19.8. The first-order valence-corrected chi connectivity index (χ1v) is 9.92. The number of hydrogen-bond donors (Lipinski definition) is 2. The van der Waals surface area contributed by atoms with Gasteiger partial charge in [0.1, 0.15) is 12.6 Å². The van der Waals surface area contributed by atoms with Gasteiger partial charge in [-0.05, 0) is 37.3 Å². The summed E-state index contributed by atoms with van der Waals surface area (Å²) < 4.78 is 7.46. The molecule has 1 aliphatic rings. The quantitative estimate of drug-likeness (QED) is 0.566. The van der Waals surface area contributed by atoms with E-state index in [0.717, 1.165) is 42.2 Å². The summed E-state index contributed by atoms with van der Waals surface area (Å²) in [5.41, 5.74) is 4.10. The SMILES string of the molecule is C[C@H](c1ccccc1)[NH+]1CCn2c(nc3cc(NC(=O)c4ccco4)ccc32)C1. The predicted molar refractivity (Wildman–Crippen MR) is 111 cm³/mol. The highest BCUT2D eigenvalue weighted by atomic mass is 16.3. The molecule has 0 fully saturated rings. The van der Waals surface area contributed by atoms with Gasteiger partial charge in [-0.15, -0.1) is 0 Å². The molecule has 2 N–H and O–H groups in total. The first-order valence-electron chi connectivity index (χ1n) is 9.92. The standard InChI is InChI=1S/C23H22N4O2/c1-16(17-6-3-2-4-7-17)26-11-12-27-20-10-9-18(14-19(20)25-22(27)15-26)24-23(28)21-8-5-13-29-21/h2-10,13-14,16H,11-12,15H2,1H3,(H,24,28)/p+1/t16-/m1/s1. The molecule has 6 nitrogen and oxygen atoms in total. The number of aromatic nitrogens is 2. The van der Waals surface area contributed by atoms with Gasteiger partial charge in [0, 0.05) is 11.3 Å². The normalized spacial score (nSPS) is 17.1. The Hall–Kier alpha value is -3.38. The number of rotatable bonds is 4. The van der Waals surface area contributed by atoms with Crippen LogP contribution < -0.4 is 10.2 Å². The van der Waals surface area contributed by atoms with Crippen LogP contribution in [-0.4, -0.2) is 22.0 Å². The van der Waals surface area contributed by atoms with Gasteiger partial charge in [-0.25, -0.2) is 4.98 Å². The van der Waals surface area contributed by atoms with Crippen molar-refractivity contribution in [3.63, 3.8) is 0 Å². The van der Waals surface area contributed by atoms with E-state index in [-0.39, 0.29) is 5.91 Å². The van der Waals surface area contributed by atoms with Crippen LogP contribution in [0.15, 0.2) is 71.3 Å². The van der Waals surface area contributed by atoms with E-state index < -0.39 is 0 Å². The molecule has 0 saturated carbocycles. The number of carbonyl (C=O) groups excluding carboxylic acids is 1. The average Bonchev–Trinajstić information content (AvgIpc) is 3.41. The van der Waals surface area contributed by atoms with Crippen molar-refractivity contribution in [3.8, 4) is 0 Å². The van der Waals surface area contributed by atoms with Crippen molar-refractivity contribution in [2.24, 2.45) is 0 Å². The number of hydrogen-bond acceptors (Lipinski definition) is 3. The molecule has 0 saturated heterocycles. The van der Waals surface area contributed by atoms with Gasteiger partial charge in [0.25, 0.3) is 5.91 Å². The summed E-state index contributed by atoms with van der Waals surface area (Å²) in [6, 6.07) is 20.3. The molecular weight excluding hydrogens is 364 g/mol. The van der Waals surface area contributed by atoms with Crippen molar-refractivity contribution in [1.29, 1.82) is 0 Å². The van der Waals surface area contributed by atoms with Gasteiger partial charge in [-0.3, -0.25) is 4.79 Å². The molecule has 2 aromatic heterocycles. The Morgan fingerprint density at radius 3 is 2.83 bits per heavy atom. The molecule has 2 atom stereocenters. The van der Waals surface area contributed by atoms with E-state index in [1.807, 2.05) is 18.2 Å². The molecular formula is C23H23N4O2+. The lowest BCUT2D eigenvalue weighted by Gasteiger charge is -2.30. The molecule has 0 radical (unpaired) electrons. The first-order chi connectivity index (χ1) is 14.2. The Morgan fingerprint density at radius 2 is 2.03 bits per heavy atom. The smallest absolute Gasteiger partial charge is 0.291 e. The second kappa shape index (κ2) is 7.22. The molecule has 146 valence electrons. The third-order valence-corrected chi connectivity index (χ3v) is 5.78. The number of nitrogens with one attached hydrogen (secondary N) is 2. The van der Waals surface area contributed by atoms with Crippen molar-refractivity contribution < 1.29 is 14.1 Å². The molecule has 6 heteroatoms. The largest absolute Gasteiger partial charge is 0.459 e. The lowest BCUT2D eigenvalue weighted by atomic mass is 10.1. The van der Waals surface area contributed by atoms with Crippen LogP contribution in [0.25, 0.3) is 11.0 Å². The fraction of sp³-hybridized carbons (Fsp3) is 0.217. The molecule has 2 aromatic carbocycles. The maximum absolute atomic E-state index is 12.2. The molecule has 1 amide bonds. The van der Waals surface area contributed by atoms with Crippen LogP contribution in [0.1, 0.15) is 34.9 Å². The van der Waals surface area contributed by atoms with Gasteiger partial charge in [0.05, 0.1) is 30.4 Å². The Bertz CT molecular complexity index is 1150. The predicted octanol–water partition coefficient (Wildman–Crippen LogP) is 3.04. The highest BCUT2D eigenvalue weighted by molar-refractivity contribution is 6.03. The Kier molecular flexibility index (Phi) is 4.41. The zero-order valence-electron chi connectivity index (χ0n) is 16.3. The summed E-state index contributed by atoms with van der Waals surface area (Å²) in [5, 5.41) is 2.88. The van der Waals surface area contributed by atoms with Crippen LogP contribution in [-0.2, 0) is 13.1 Å². The van der Waals surface area contributed by atoms with Crippen molar-refractivity contribution in [2.75, 3.05) is 11.9 Å². The van der Waals surface area contributed by atoms with Crippen LogP contribution >= 0.6 is 0 Å². The molecule has 0 aliphatic carbocycles. The molecule has 5 rings (SSSR count). The summed E-state index contributed by atoms with van der Waals surface area (Å²) in [6.07, 6.45) is 1.49. The van der Waals surface area contributed by atoms with Crippen molar-refractivity contribution >= 4 is 22.6 Å². The maximum atomic E-state index is 12.2. The van der Waals surface area contributed by atoms with E-state index in [2.05, 4.69) is 47.1 Å². The highest BCUT2D eigenvalue weighted by Gasteiger charge is 2.27. The minimum Gasteiger partial charge on any atom is -0.459 e. The molecule has 29 heavy (non-hydrogen) atoms. The van der Waals surface area contributed by atoms with Crippen LogP contribution in [0.5, 0.6) is 0 Å². The summed E-state index contributed by atoms with van der Waals surface area (Å²) in [6.45, 7) is 5.17. The fourth-order valence-corrected chi connectivity index (χ4v) is 4.14. The zero-order valence-corrected chi connectivity index (χ0v) is 16.3. The monoisotopic (exact) mass is 387 g/mol. The summed E-state index contributed by atoms with van der Waals surface area (Å²) in [5.74, 6) is 1.13. The third-order valence-electron chi connectivity index (χ3n) is 5.78. The summed E-state index contributed by atoms with van der Waals surface area (Å²) >= 11 is 0. The number of quaternary nitrogens is 1. The molecule has 1 unspecified atom stereocenters. The Balaban J connectivity index is 1.38. The van der Waals surface area contributed by atoms with E-state index >= 15 is 0 Å². The number of nitrogens with zero attached hydrogens (tertiary/aromatic N) is 2. The second-order valence-corrected chi connectivity index (χ2v) is 7.53. The number of carbonyl (C=O) groups is 1. The van der Waals surface area contributed by atoms with E-state index in [9.17, 15) is 4.79 Å². The maximum Gasteiger partial charge on any atom is 0.291 e. The van der Waals surface area contributed by atoms with E-state index in [4.69, 9.17) is 9.40 Å². The van der Waals surface area contributed by atoms with E-state index in [0.29, 0.717) is 11.8 Å². The Morgan fingerprint density at radius 1 is 1.17 bits per heavy atom. The van der Waals surface area contributed by atoms with Gasteiger partial charge in [-0.2, -0.15) is 0 Å². The number of amides is 1. The minimum atomic E-state index is -0.259. The minimum absolute atomic E-state index is 0.259. The number of fused-ring (bicyclic) bond motifs is 3. The first kappa shape index (κ1) is 17.7. The van der Waals surface area contributed by atoms with Gasteiger partial charge in [-0.1, -0.05) is 30.3 Å². The van der Waals surface area contributed by atoms with Gasteiger partial charge >= 0.3 is 0 Å². The molecule has 0 spiro atoms. The summed E-state index contributed by atoms with van der Waals surface area (Å²) in [7, 11) is 0. The number of anilines is 1. The second-order valence-electron chi connectivity index (χ2n) is 7.53. The number of furan rings is 1. The highest BCUT2D eigenvalue weighted by Crippen LogP contribution is 2.22. The average molecular weight is 387 g/mol. The van der Waals surface area contributed by atoms with Crippen LogP contribution in [0.2, 0.25) is 0 Å². The van der Waals surface area contributed by atoms with Gasteiger partial charge in [0.2, 0.25) is 0 Å². The fourth-order valence-electron chi connectivity index (χ4n) is 4.14. The Labute approximate surface area is 168 Å². The van der Waals surface area contributed by atoms with E-state index in [1.165, 1.54) is 16.7 Å². The van der Waals surface area contributed by atoms with Crippen LogP contribution in [0, 0.1) is 0 Å². The van der Waals surface area contributed by atoms with Gasteiger partial charge in [0.15, 0.2) is 11.6 Å². The van der Waals surface area contributed by atoms with Gasteiger partial charge < -0.3 is 19.2 Å². The number of imidazole rings is 1. The van der Waals surface area contributed by atoms with Crippen molar-refractivity contribution in [3.05, 3.63) is 84.1 Å². The lowest BCUT2D eigenvalue weighted by Crippen LogP contribution is -3.12. The molecule has 1 aliphatic heterocycles. The molecule has 4 aromatic rings. The lowest BCUT2D eigenvalue weighted by molar-refractivity contribution is -0.947. The summed E-state index contributed by atoms with van der Waals surface area (Å²) in [4.78, 5) is 18.6. The molecule has 3 heterocycles. The topological polar surface area (TPSA) is 64.5 Å². The van der Waals surface area contributed by atoms with Crippen LogP contribution in [0.4, 0.5) is 5.69 Å². The van der Waals surface area contributed by atoms with E-state index in [1.54, 1.807) is 12.1 Å².